The van der Waals surface area contributed by atoms with Crippen LogP contribution >= 0.6 is 0 Å². The van der Waals surface area contributed by atoms with Gasteiger partial charge in [0.1, 0.15) is 0 Å². The van der Waals surface area contributed by atoms with Gasteiger partial charge in [-0.25, -0.2) is 9.59 Å². The van der Waals surface area contributed by atoms with Crippen LogP contribution in [0.3, 0.4) is 0 Å². The maximum Gasteiger partial charge on any atom is 0.414 e. The molecule has 2 bridgehead atoms. The molecule has 1 saturated heterocycles. The van der Waals surface area contributed by atoms with E-state index in [4.69, 9.17) is 9.47 Å². The van der Waals surface area contributed by atoms with Gasteiger partial charge in [-0.3, -0.25) is 9.69 Å². The molecule has 0 aromatic heterocycles. The van der Waals surface area contributed by atoms with Crippen LogP contribution in [0, 0.1) is 5.92 Å². The van der Waals surface area contributed by atoms with Crippen LogP contribution in [-0.4, -0.2) is 55.2 Å². The summed E-state index contributed by atoms with van der Waals surface area (Å²) in [5.74, 6) is -0.208. The second-order valence-electron chi connectivity index (χ2n) is 6.68. The van der Waals surface area contributed by atoms with Crippen molar-refractivity contribution < 1.29 is 23.9 Å². The zero-order valence-electron chi connectivity index (χ0n) is 15.3. The Labute approximate surface area is 152 Å². The van der Waals surface area contributed by atoms with Crippen molar-refractivity contribution in [1.82, 2.24) is 4.90 Å². The minimum Gasteiger partial charge on any atom is -0.462 e. The molecule has 1 aliphatic carbocycles. The van der Waals surface area contributed by atoms with Crippen LogP contribution in [0.5, 0.6) is 0 Å². The molecule has 0 N–H and O–H groups in total. The van der Waals surface area contributed by atoms with Crippen molar-refractivity contribution >= 4 is 23.7 Å². The topological polar surface area (TPSA) is 76.2 Å². The van der Waals surface area contributed by atoms with Crippen LogP contribution in [0.15, 0.2) is 24.3 Å². The summed E-state index contributed by atoms with van der Waals surface area (Å²) in [5.41, 5.74) is 0.960. The monoisotopic (exact) mass is 360 g/mol. The van der Waals surface area contributed by atoms with Crippen molar-refractivity contribution in [2.24, 2.45) is 5.92 Å². The third kappa shape index (κ3) is 3.13. The lowest BCUT2D eigenvalue weighted by Gasteiger charge is -2.32. The SMILES string of the molecule is CCOC(=O)c1cccc(N(C(=O)OC)C2C3CCC2N(C(C)=O)C3)c1. The molecule has 7 nitrogen and oxygen atoms in total. The first-order chi connectivity index (χ1) is 12.5. The number of esters is 1. The normalized spacial score (nSPS) is 23.7. The molecule has 2 aliphatic rings. The Morgan fingerprint density at radius 3 is 2.65 bits per heavy atom. The smallest absolute Gasteiger partial charge is 0.414 e. The van der Waals surface area contributed by atoms with Gasteiger partial charge >= 0.3 is 12.1 Å². The second kappa shape index (κ2) is 7.35. The van der Waals surface area contributed by atoms with Gasteiger partial charge in [-0.05, 0) is 43.9 Å². The van der Waals surface area contributed by atoms with Gasteiger partial charge in [-0.2, -0.15) is 0 Å². The fourth-order valence-corrected chi connectivity index (χ4v) is 4.21. The molecule has 0 radical (unpaired) electrons. The number of carbonyl (C=O) groups is 3. The standard InChI is InChI=1S/C19H24N2O5/c1-4-26-18(23)13-6-5-7-15(10-13)21(19(24)25-3)17-14-8-9-16(17)20(11-14)12(2)22/h5-7,10,14,16-17H,4,8-9,11H2,1-3H3. The first-order valence-electron chi connectivity index (χ1n) is 8.89. The van der Waals surface area contributed by atoms with Crippen LogP contribution in [0.1, 0.15) is 37.0 Å². The van der Waals surface area contributed by atoms with E-state index in [0.29, 0.717) is 17.8 Å². The molecule has 1 aromatic rings. The van der Waals surface area contributed by atoms with E-state index in [9.17, 15) is 14.4 Å². The molecule has 1 heterocycles. The number of anilines is 1. The van der Waals surface area contributed by atoms with Gasteiger partial charge in [-0.1, -0.05) is 6.07 Å². The van der Waals surface area contributed by atoms with Gasteiger partial charge in [0.05, 0.1) is 31.4 Å². The Morgan fingerprint density at radius 1 is 1.27 bits per heavy atom. The second-order valence-corrected chi connectivity index (χ2v) is 6.68. The van der Waals surface area contributed by atoms with Crippen molar-refractivity contribution in [2.75, 3.05) is 25.2 Å². The number of likely N-dealkylation sites (tertiary alicyclic amines) is 1. The molecule has 2 amide bonds. The lowest BCUT2D eigenvalue weighted by atomic mass is 10.0. The van der Waals surface area contributed by atoms with Crippen LogP contribution in [0.2, 0.25) is 0 Å². The largest absolute Gasteiger partial charge is 0.462 e. The molecule has 0 spiro atoms. The molecule has 3 atom stereocenters. The van der Waals surface area contributed by atoms with Crippen molar-refractivity contribution in [3.63, 3.8) is 0 Å². The van der Waals surface area contributed by atoms with Crippen LogP contribution < -0.4 is 4.90 Å². The number of methoxy groups -OCH3 is 1. The Morgan fingerprint density at radius 2 is 2.04 bits per heavy atom. The van der Waals surface area contributed by atoms with Gasteiger partial charge in [0.25, 0.3) is 0 Å². The van der Waals surface area contributed by atoms with E-state index in [0.717, 1.165) is 12.8 Å². The quantitative estimate of drug-likeness (QED) is 0.771. The highest BCUT2D eigenvalue weighted by Crippen LogP contribution is 2.42. The highest BCUT2D eigenvalue weighted by atomic mass is 16.5. The summed E-state index contributed by atoms with van der Waals surface area (Å²) in [7, 11) is 1.34. The summed E-state index contributed by atoms with van der Waals surface area (Å²) >= 11 is 0. The zero-order valence-corrected chi connectivity index (χ0v) is 15.3. The van der Waals surface area contributed by atoms with E-state index < -0.39 is 12.1 Å². The van der Waals surface area contributed by atoms with Crippen molar-refractivity contribution in [1.29, 1.82) is 0 Å². The van der Waals surface area contributed by atoms with Gasteiger partial charge < -0.3 is 14.4 Å². The third-order valence-electron chi connectivity index (χ3n) is 5.25. The van der Waals surface area contributed by atoms with Crippen molar-refractivity contribution in [3.8, 4) is 0 Å². The molecule has 7 heteroatoms. The Kier molecular flexibility index (Phi) is 5.15. The lowest BCUT2D eigenvalue weighted by molar-refractivity contribution is -0.130. The average Bonchev–Trinajstić information content (AvgIpc) is 3.20. The molecular formula is C19H24N2O5. The number of piperidine rings is 1. The highest BCUT2D eigenvalue weighted by Gasteiger charge is 2.52. The lowest BCUT2D eigenvalue weighted by Crippen LogP contribution is -2.48. The van der Waals surface area contributed by atoms with E-state index in [1.165, 1.54) is 7.11 Å². The van der Waals surface area contributed by atoms with Gasteiger partial charge in [-0.15, -0.1) is 0 Å². The summed E-state index contributed by atoms with van der Waals surface area (Å²) in [5, 5.41) is 0. The summed E-state index contributed by atoms with van der Waals surface area (Å²) < 4.78 is 10.1. The molecule has 3 rings (SSSR count). The van der Waals surface area contributed by atoms with E-state index in [-0.39, 0.29) is 30.5 Å². The Bertz CT molecular complexity index is 720. The number of ether oxygens (including phenoxy) is 2. The fourth-order valence-electron chi connectivity index (χ4n) is 4.21. The maximum atomic E-state index is 12.6. The number of rotatable bonds is 4. The summed E-state index contributed by atoms with van der Waals surface area (Å²) in [4.78, 5) is 40.0. The predicted molar refractivity (Wildman–Crippen MR) is 95.0 cm³/mol. The third-order valence-corrected chi connectivity index (χ3v) is 5.25. The molecule has 140 valence electrons. The van der Waals surface area contributed by atoms with E-state index >= 15 is 0 Å². The molecule has 1 aromatic carbocycles. The first-order valence-corrected chi connectivity index (χ1v) is 8.89. The summed E-state index contributed by atoms with van der Waals surface area (Å²) in [6.45, 7) is 4.23. The highest BCUT2D eigenvalue weighted by molar-refractivity contribution is 5.94. The Hall–Kier alpha value is -2.57. The van der Waals surface area contributed by atoms with Gasteiger partial charge in [0.15, 0.2) is 0 Å². The average molecular weight is 360 g/mol. The summed E-state index contributed by atoms with van der Waals surface area (Å²) in [6, 6.07) is 6.62. The Balaban J connectivity index is 1.96. The number of amides is 2. The van der Waals surface area contributed by atoms with E-state index in [2.05, 4.69) is 0 Å². The number of fused-ring (bicyclic) bond motifs is 2. The molecule has 3 unspecified atom stereocenters. The van der Waals surface area contributed by atoms with E-state index in [1.807, 2.05) is 4.90 Å². The fraction of sp³-hybridized carbons (Fsp3) is 0.526. The van der Waals surface area contributed by atoms with Crippen LogP contribution in [0.4, 0.5) is 10.5 Å². The summed E-state index contributed by atoms with van der Waals surface area (Å²) in [6.07, 6.45) is 1.34. The van der Waals surface area contributed by atoms with Crippen LogP contribution in [-0.2, 0) is 14.3 Å². The minimum absolute atomic E-state index is 0.0206. The number of benzene rings is 1. The van der Waals surface area contributed by atoms with Crippen LogP contribution in [0.25, 0.3) is 0 Å². The molecular weight excluding hydrogens is 336 g/mol. The molecule has 2 fully saturated rings. The molecule has 26 heavy (non-hydrogen) atoms. The molecule has 1 aliphatic heterocycles. The van der Waals surface area contributed by atoms with Gasteiger partial charge in [0, 0.05) is 19.2 Å². The maximum absolute atomic E-state index is 12.6. The van der Waals surface area contributed by atoms with Gasteiger partial charge in [0.2, 0.25) is 5.91 Å². The number of hydrogen-bond acceptors (Lipinski definition) is 5. The number of hydrogen-bond donors (Lipinski definition) is 0. The minimum atomic E-state index is -0.488. The number of nitrogens with zero attached hydrogens (tertiary/aromatic N) is 2. The number of carbonyl (C=O) groups excluding carboxylic acids is 3. The zero-order chi connectivity index (χ0) is 18.8. The predicted octanol–water partition coefficient (Wildman–Crippen LogP) is 2.45. The molecule has 1 saturated carbocycles. The van der Waals surface area contributed by atoms with Crippen molar-refractivity contribution in [3.05, 3.63) is 29.8 Å². The van der Waals surface area contributed by atoms with E-state index in [1.54, 1.807) is 43.0 Å². The first kappa shape index (κ1) is 18.2. The van der Waals surface area contributed by atoms with Crippen molar-refractivity contribution in [2.45, 2.75) is 38.8 Å².